The van der Waals surface area contributed by atoms with Gasteiger partial charge in [0, 0.05) is 31.0 Å². The van der Waals surface area contributed by atoms with Gasteiger partial charge in [0.15, 0.2) is 0 Å². The van der Waals surface area contributed by atoms with Crippen LogP contribution < -0.4 is 10.0 Å². The maximum atomic E-state index is 12.4. The summed E-state index contributed by atoms with van der Waals surface area (Å²) in [6.45, 7) is 6.15. The largest absolute Gasteiger partial charge is 0.349 e. The maximum absolute atomic E-state index is 12.4. The summed E-state index contributed by atoms with van der Waals surface area (Å²) in [5, 5.41) is 3.06. The van der Waals surface area contributed by atoms with Gasteiger partial charge in [-0.3, -0.25) is 0 Å². The van der Waals surface area contributed by atoms with E-state index >= 15 is 0 Å². The number of hydrogen-bond acceptors (Lipinski definition) is 4. The Kier molecular flexibility index (Phi) is 6.86. The number of hydrogen-bond donors (Lipinski definition) is 2. The third kappa shape index (κ3) is 5.43. The zero-order valence-corrected chi connectivity index (χ0v) is 14.5. The van der Waals surface area contributed by atoms with Crippen LogP contribution in [0.5, 0.6) is 0 Å². The fourth-order valence-corrected chi connectivity index (χ4v) is 3.48. The molecule has 0 aliphatic rings. The fourth-order valence-electron chi connectivity index (χ4n) is 2.14. The van der Waals surface area contributed by atoms with Crippen LogP contribution in [-0.2, 0) is 23.1 Å². The molecule has 0 fully saturated rings. The molecule has 2 N–H and O–H groups in total. The fraction of sp³-hybridized carbons (Fsp3) is 0.714. The average molecular weight is 316 g/mol. The van der Waals surface area contributed by atoms with E-state index in [-0.39, 0.29) is 6.04 Å². The molecule has 0 bridgehead atoms. The number of nitrogens with zero attached hydrogens (tertiary/aromatic N) is 2. The van der Waals surface area contributed by atoms with E-state index in [2.05, 4.69) is 10.0 Å². The van der Waals surface area contributed by atoms with E-state index in [0.29, 0.717) is 11.4 Å². The highest BCUT2D eigenvalue weighted by Gasteiger charge is 2.20. The quantitative estimate of drug-likeness (QED) is 0.709. The highest BCUT2D eigenvalue weighted by atomic mass is 32.2. The second kappa shape index (κ2) is 7.93. The Labute approximate surface area is 128 Å². The monoisotopic (exact) mass is 316 g/mol. The second-order valence-corrected chi connectivity index (χ2v) is 7.31. The lowest BCUT2D eigenvalue weighted by Gasteiger charge is -2.16. The Morgan fingerprint density at radius 2 is 2.05 bits per heavy atom. The minimum absolute atomic E-state index is 0.0878. The highest BCUT2D eigenvalue weighted by molar-refractivity contribution is 7.89. The van der Waals surface area contributed by atoms with Crippen molar-refractivity contribution in [1.29, 1.82) is 0 Å². The van der Waals surface area contributed by atoms with Crippen LogP contribution in [0.1, 0.15) is 26.0 Å². The molecule has 0 saturated carbocycles. The molecular weight excluding hydrogens is 288 g/mol. The van der Waals surface area contributed by atoms with Crippen LogP contribution in [0.4, 0.5) is 0 Å². The third-order valence-corrected chi connectivity index (χ3v) is 4.89. The van der Waals surface area contributed by atoms with Crippen molar-refractivity contribution in [3.05, 3.63) is 18.0 Å². The Bertz CT molecular complexity index is 537. The van der Waals surface area contributed by atoms with Crippen molar-refractivity contribution in [2.24, 2.45) is 0 Å². The molecule has 1 atom stereocenters. The third-order valence-electron chi connectivity index (χ3n) is 3.34. The second-order valence-electron chi connectivity index (χ2n) is 5.60. The van der Waals surface area contributed by atoms with Crippen LogP contribution in [0, 0.1) is 0 Å². The highest BCUT2D eigenvalue weighted by Crippen LogP contribution is 2.15. The van der Waals surface area contributed by atoms with Gasteiger partial charge in [-0.15, -0.1) is 0 Å². The number of rotatable bonds is 9. The summed E-state index contributed by atoms with van der Waals surface area (Å²) in [5.41, 5.74) is 0.973. The summed E-state index contributed by atoms with van der Waals surface area (Å²) in [5.74, 6) is 0. The summed E-state index contributed by atoms with van der Waals surface area (Å²) in [6, 6.07) is 1.65. The zero-order valence-electron chi connectivity index (χ0n) is 13.7. The van der Waals surface area contributed by atoms with Gasteiger partial charge in [0.25, 0.3) is 0 Å². The van der Waals surface area contributed by atoms with Crippen molar-refractivity contribution in [3.63, 3.8) is 0 Å². The minimum Gasteiger partial charge on any atom is -0.349 e. The molecule has 0 spiro atoms. The van der Waals surface area contributed by atoms with Gasteiger partial charge in [-0.1, -0.05) is 0 Å². The van der Waals surface area contributed by atoms with E-state index in [1.54, 1.807) is 12.3 Å². The van der Waals surface area contributed by atoms with Crippen LogP contribution in [0.2, 0.25) is 0 Å². The molecule has 1 aromatic heterocycles. The molecule has 1 aromatic rings. The van der Waals surface area contributed by atoms with E-state index in [1.807, 2.05) is 44.5 Å². The number of aromatic nitrogens is 1. The van der Waals surface area contributed by atoms with Crippen LogP contribution in [0.15, 0.2) is 17.2 Å². The molecule has 0 amide bonds. The maximum Gasteiger partial charge on any atom is 0.242 e. The first-order valence-corrected chi connectivity index (χ1v) is 8.79. The SMILES string of the molecule is CCn1cc(S(=O)(=O)NC(C)CCN(C)C)cc1CNC. The standard InChI is InChI=1S/C14H28N4O2S/c1-6-18-11-14(9-13(18)10-15-3)21(19,20)16-12(2)7-8-17(4)5/h9,11-12,15-16H,6-8,10H2,1-5H3. The Hall–Kier alpha value is -0.890. The van der Waals surface area contributed by atoms with E-state index in [1.165, 1.54) is 0 Å². The zero-order chi connectivity index (χ0) is 16.0. The van der Waals surface area contributed by atoms with Crippen molar-refractivity contribution in [3.8, 4) is 0 Å². The van der Waals surface area contributed by atoms with Gasteiger partial charge in [-0.2, -0.15) is 0 Å². The Morgan fingerprint density at radius 1 is 1.38 bits per heavy atom. The van der Waals surface area contributed by atoms with Gasteiger partial charge in [-0.25, -0.2) is 13.1 Å². The molecule has 21 heavy (non-hydrogen) atoms. The minimum atomic E-state index is -3.45. The molecule has 1 heterocycles. The molecule has 0 aromatic carbocycles. The van der Waals surface area contributed by atoms with Crippen molar-refractivity contribution in [2.75, 3.05) is 27.7 Å². The van der Waals surface area contributed by atoms with Crippen LogP contribution >= 0.6 is 0 Å². The lowest BCUT2D eigenvalue weighted by molar-refractivity contribution is 0.379. The molecule has 0 aliphatic heterocycles. The van der Waals surface area contributed by atoms with Crippen molar-refractivity contribution in [1.82, 2.24) is 19.5 Å². The predicted molar refractivity (Wildman–Crippen MR) is 85.8 cm³/mol. The summed E-state index contributed by atoms with van der Waals surface area (Å²) in [7, 11) is 2.35. The molecule has 0 saturated heterocycles. The molecule has 0 radical (unpaired) electrons. The number of aryl methyl sites for hydroxylation is 1. The van der Waals surface area contributed by atoms with Crippen LogP contribution in [0.25, 0.3) is 0 Å². The molecule has 0 aliphatic carbocycles. The normalized spacial score (nSPS) is 13.8. The molecule has 7 heteroatoms. The first-order valence-electron chi connectivity index (χ1n) is 7.30. The number of sulfonamides is 1. The summed E-state index contributed by atoms with van der Waals surface area (Å²) < 4.78 is 29.5. The van der Waals surface area contributed by atoms with E-state index in [4.69, 9.17) is 0 Å². The first-order chi connectivity index (χ1) is 9.80. The van der Waals surface area contributed by atoms with Gasteiger partial charge < -0.3 is 14.8 Å². The van der Waals surface area contributed by atoms with E-state index in [9.17, 15) is 8.42 Å². The van der Waals surface area contributed by atoms with Crippen LogP contribution in [0.3, 0.4) is 0 Å². The molecule has 6 nitrogen and oxygen atoms in total. The molecule has 1 rings (SSSR count). The average Bonchev–Trinajstić information content (AvgIpc) is 2.80. The molecular formula is C14H28N4O2S. The lowest BCUT2D eigenvalue weighted by atomic mass is 10.2. The predicted octanol–water partition coefficient (Wildman–Crippen LogP) is 0.846. The Morgan fingerprint density at radius 3 is 2.57 bits per heavy atom. The van der Waals surface area contributed by atoms with Crippen LogP contribution in [-0.4, -0.2) is 51.6 Å². The summed E-state index contributed by atoms with van der Waals surface area (Å²) in [6.07, 6.45) is 2.48. The molecule has 1 unspecified atom stereocenters. The summed E-state index contributed by atoms with van der Waals surface area (Å²) >= 11 is 0. The van der Waals surface area contributed by atoms with Crippen molar-refractivity contribution >= 4 is 10.0 Å². The van der Waals surface area contributed by atoms with Gasteiger partial charge in [-0.05, 0) is 54.0 Å². The summed E-state index contributed by atoms with van der Waals surface area (Å²) in [4.78, 5) is 2.38. The van der Waals surface area contributed by atoms with Gasteiger partial charge in [0.2, 0.25) is 10.0 Å². The Balaban J connectivity index is 2.82. The first kappa shape index (κ1) is 18.2. The topological polar surface area (TPSA) is 66.4 Å². The molecule has 122 valence electrons. The van der Waals surface area contributed by atoms with E-state index < -0.39 is 10.0 Å². The lowest BCUT2D eigenvalue weighted by Crippen LogP contribution is -2.34. The van der Waals surface area contributed by atoms with E-state index in [0.717, 1.165) is 25.2 Å². The van der Waals surface area contributed by atoms with Crippen molar-refractivity contribution in [2.45, 2.75) is 44.3 Å². The van der Waals surface area contributed by atoms with Gasteiger partial charge >= 0.3 is 0 Å². The number of nitrogens with one attached hydrogen (secondary N) is 2. The van der Waals surface area contributed by atoms with Crippen molar-refractivity contribution < 1.29 is 8.42 Å². The van der Waals surface area contributed by atoms with Gasteiger partial charge in [0.05, 0.1) is 4.90 Å². The smallest absolute Gasteiger partial charge is 0.242 e. The van der Waals surface area contributed by atoms with Gasteiger partial charge in [0.1, 0.15) is 0 Å².